The second kappa shape index (κ2) is 4.66. The first kappa shape index (κ1) is 14.2. The van der Waals surface area contributed by atoms with E-state index in [0.717, 1.165) is 27.7 Å². The van der Waals surface area contributed by atoms with E-state index in [2.05, 4.69) is 15.0 Å². The SMILES string of the molecule is FC(F)(F)c1cc2nc3c4ccccc4c4cnccc4n3c2cn1. The lowest BCUT2D eigenvalue weighted by Crippen LogP contribution is -2.07. The lowest BCUT2D eigenvalue weighted by atomic mass is 10.1. The van der Waals surface area contributed by atoms with E-state index in [9.17, 15) is 13.2 Å². The maximum atomic E-state index is 13.0. The number of hydrogen-bond acceptors (Lipinski definition) is 3. The third kappa shape index (κ3) is 1.92. The smallest absolute Gasteiger partial charge is 0.290 e. The molecule has 5 rings (SSSR count). The monoisotopic (exact) mass is 338 g/mol. The highest BCUT2D eigenvalue weighted by atomic mass is 19.4. The summed E-state index contributed by atoms with van der Waals surface area (Å²) >= 11 is 0. The summed E-state index contributed by atoms with van der Waals surface area (Å²) in [4.78, 5) is 12.2. The summed E-state index contributed by atoms with van der Waals surface area (Å²) in [5.41, 5.74) is 1.28. The average Bonchev–Trinajstić information content (AvgIpc) is 3.00. The Labute approximate surface area is 138 Å². The van der Waals surface area contributed by atoms with Gasteiger partial charge in [-0.15, -0.1) is 0 Å². The Morgan fingerprint density at radius 2 is 1.68 bits per heavy atom. The molecule has 0 radical (unpaired) electrons. The summed E-state index contributed by atoms with van der Waals surface area (Å²) in [6, 6.07) is 10.5. The first-order valence-electron chi connectivity index (χ1n) is 7.54. The lowest BCUT2D eigenvalue weighted by molar-refractivity contribution is -0.141. The van der Waals surface area contributed by atoms with E-state index in [4.69, 9.17) is 0 Å². The average molecular weight is 338 g/mol. The van der Waals surface area contributed by atoms with Crippen molar-refractivity contribution < 1.29 is 13.2 Å². The highest BCUT2D eigenvalue weighted by Gasteiger charge is 2.33. The molecule has 4 nitrogen and oxygen atoms in total. The first-order valence-corrected chi connectivity index (χ1v) is 7.54. The van der Waals surface area contributed by atoms with Gasteiger partial charge in [0.25, 0.3) is 0 Å². The fourth-order valence-corrected chi connectivity index (χ4v) is 3.26. The molecule has 0 aliphatic heterocycles. The van der Waals surface area contributed by atoms with Crippen LogP contribution in [-0.4, -0.2) is 19.4 Å². The molecule has 0 bridgehead atoms. The molecule has 0 saturated heterocycles. The van der Waals surface area contributed by atoms with Gasteiger partial charge >= 0.3 is 6.18 Å². The molecule has 7 heteroatoms. The maximum Gasteiger partial charge on any atom is 0.433 e. The van der Waals surface area contributed by atoms with Gasteiger partial charge in [0.2, 0.25) is 0 Å². The highest BCUT2D eigenvalue weighted by Crippen LogP contribution is 2.33. The van der Waals surface area contributed by atoms with E-state index in [-0.39, 0.29) is 5.52 Å². The number of pyridine rings is 3. The Bertz CT molecular complexity index is 1290. The summed E-state index contributed by atoms with van der Waals surface area (Å²) in [6.07, 6.45) is 0.130. The van der Waals surface area contributed by atoms with Crippen molar-refractivity contribution in [1.29, 1.82) is 0 Å². The van der Waals surface area contributed by atoms with Crippen molar-refractivity contribution in [2.24, 2.45) is 0 Å². The van der Waals surface area contributed by atoms with Crippen molar-refractivity contribution in [3.8, 4) is 0 Å². The topological polar surface area (TPSA) is 43.1 Å². The van der Waals surface area contributed by atoms with Gasteiger partial charge in [0.05, 0.1) is 22.7 Å². The van der Waals surface area contributed by atoms with Gasteiger partial charge in [-0.25, -0.2) is 9.97 Å². The van der Waals surface area contributed by atoms with Gasteiger partial charge in [0, 0.05) is 23.2 Å². The summed E-state index contributed by atoms with van der Waals surface area (Å²) in [5, 5.41) is 2.72. The van der Waals surface area contributed by atoms with Crippen molar-refractivity contribution >= 4 is 38.4 Å². The maximum absolute atomic E-state index is 13.0. The quantitative estimate of drug-likeness (QED) is 0.388. The fraction of sp³-hybridized carbons (Fsp3) is 0.0556. The van der Waals surface area contributed by atoms with Crippen molar-refractivity contribution in [2.75, 3.05) is 0 Å². The summed E-state index contributed by atoms with van der Waals surface area (Å²) < 4.78 is 40.8. The number of rotatable bonds is 0. The van der Waals surface area contributed by atoms with Crippen molar-refractivity contribution in [2.45, 2.75) is 6.18 Å². The molecule has 4 heterocycles. The van der Waals surface area contributed by atoms with Crippen LogP contribution in [0.1, 0.15) is 5.69 Å². The zero-order chi connectivity index (χ0) is 17.2. The van der Waals surface area contributed by atoms with E-state index < -0.39 is 11.9 Å². The molecule has 0 N–H and O–H groups in total. The van der Waals surface area contributed by atoms with Gasteiger partial charge < -0.3 is 0 Å². The van der Waals surface area contributed by atoms with E-state index in [1.54, 1.807) is 12.4 Å². The molecule has 122 valence electrons. The molecule has 0 unspecified atom stereocenters. The number of hydrogen-bond donors (Lipinski definition) is 0. The van der Waals surface area contributed by atoms with Crippen LogP contribution in [0, 0.1) is 0 Å². The molecule has 1 aromatic carbocycles. The number of aromatic nitrogens is 4. The molecular formula is C18H9F3N4. The summed E-state index contributed by atoms with van der Waals surface area (Å²) in [5.74, 6) is 0. The van der Waals surface area contributed by atoms with E-state index in [0.29, 0.717) is 11.2 Å². The molecule has 0 spiro atoms. The van der Waals surface area contributed by atoms with Crippen LogP contribution in [-0.2, 0) is 6.18 Å². The minimum absolute atomic E-state index is 0.261. The number of imidazole rings is 1. The molecule has 25 heavy (non-hydrogen) atoms. The van der Waals surface area contributed by atoms with Gasteiger partial charge in [0.15, 0.2) is 0 Å². The Hall–Kier alpha value is -3.22. The number of alkyl halides is 3. The zero-order valence-electron chi connectivity index (χ0n) is 12.6. The fourth-order valence-electron chi connectivity index (χ4n) is 3.26. The van der Waals surface area contributed by atoms with Crippen molar-refractivity contribution in [1.82, 2.24) is 19.4 Å². The van der Waals surface area contributed by atoms with Crippen LogP contribution in [0.25, 0.3) is 38.4 Å². The normalized spacial score (nSPS) is 12.6. The van der Waals surface area contributed by atoms with Gasteiger partial charge in [-0.1, -0.05) is 24.3 Å². The van der Waals surface area contributed by atoms with Crippen LogP contribution in [0.5, 0.6) is 0 Å². The van der Waals surface area contributed by atoms with Crippen LogP contribution in [0.2, 0.25) is 0 Å². The Kier molecular flexibility index (Phi) is 2.64. The summed E-state index contributed by atoms with van der Waals surface area (Å²) in [7, 11) is 0. The summed E-state index contributed by atoms with van der Waals surface area (Å²) in [6.45, 7) is 0. The zero-order valence-corrected chi connectivity index (χ0v) is 12.6. The number of benzene rings is 1. The highest BCUT2D eigenvalue weighted by molar-refractivity contribution is 6.13. The number of halogens is 3. The molecule has 0 atom stereocenters. The van der Waals surface area contributed by atoms with Gasteiger partial charge in [-0.3, -0.25) is 9.38 Å². The number of nitrogens with zero attached hydrogens (tertiary/aromatic N) is 4. The van der Waals surface area contributed by atoms with Crippen LogP contribution in [0.3, 0.4) is 0 Å². The van der Waals surface area contributed by atoms with Gasteiger partial charge in [-0.05, 0) is 17.5 Å². The molecule has 0 amide bonds. The predicted octanol–water partition coefficient (Wildman–Crippen LogP) is 4.60. The second-order valence-electron chi connectivity index (χ2n) is 5.77. The minimum atomic E-state index is -4.50. The molecule has 0 aliphatic rings. The van der Waals surface area contributed by atoms with Crippen LogP contribution < -0.4 is 0 Å². The Morgan fingerprint density at radius 1 is 0.880 bits per heavy atom. The standard InChI is InChI=1S/C18H9F3N4/c19-18(20,21)16-7-13-15(9-23-16)25-14-5-6-22-8-12(14)10-3-1-2-4-11(10)17(25)24-13/h1-9H. The van der Waals surface area contributed by atoms with Crippen LogP contribution >= 0.6 is 0 Å². The van der Waals surface area contributed by atoms with Crippen LogP contribution in [0.4, 0.5) is 13.2 Å². The molecular weight excluding hydrogens is 329 g/mol. The van der Waals surface area contributed by atoms with E-state index >= 15 is 0 Å². The third-order valence-electron chi connectivity index (χ3n) is 4.33. The predicted molar refractivity (Wildman–Crippen MR) is 88.3 cm³/mol. The lowest BCUT2D eigenvalue weighted by Gasteiger charge is -2.08. The number of fused-ring (bicyclic) bond motifs is 8. The Balaban J connectivity index is 2.05. The van der Waals surface area contributed by atoms with Gasteiger partial charge in [-0.2, -0.15) is 13.2 Å². The van der Waals surface area contributed by atoms with Gasteiger partial charge in [0.1, 0.15) is 11.3 Å². The Morgan fingerprint density at radius 3 is 2.48 bits per heavy atom. The molecule has 5 aromatic rings. The van der Waals surface area contributed by atoms with Crippen molar-refractivity contribution in [3.63, 3.8) is 0 Å². The van der Waals surface area contributed by atoms with E-state index in [1.807, 2.05) is 34.7 Å². The molecule has 0 saturated carbocycles. The third-order valence-corrected chi connectivity index (χ3v) is 4.33. The van der Waals surface area contributed by atoms with E-state index in [1.165, 1.54) is 6.20 Å². The molecule has 4 aromatic heterocycles. The largest absolute Gasteiger partial charge is 0.433 e. The first-order chi connectivity index (χ1) is 12.0. The van der Waals surface area contributed by atoms with Crippen LogP contribution in [0.15, 0.2) is 55.0 Å². The van der Waals surface area contributed by atoms with Crippen molar-refractivity contribution in [3.05, 3.63) is 60.7 Å². The molecule has 0 fully saturated rings. The second-order valence-corrected chi connectivity index (χ2v) is 5.77. The minimum Gasteiger partial charge on any atom is -0.290 e. The molecule has 0 aliphatic carbocycles.